The lowest BCUT2D eigenvalue weighted by Gasteiger charge is -2.44. The average molecular weight is 436 g/mol. The third-order valence-electron chi connectivity index (χ3n) is 7.20. The molecule has 0 atom stereocenters. The van der Waals surface area contributed by atoms with E-state index in [0.717, 1.165) is 41.9 Å². The fourth-order valence-electron chi connectivity index (χ4n) is 5.19. The summed E-state index contributed by atoms with van der Waals surface area (Å²) in [4.78, 5) is 22.5. The number of carbonyl (C=O) groups excluding carboxylic acids is 1. The summed E-state index contributed by atoms with van der Waals surface area (Å²) in [6, 6.07) is 9.22. The van der Waals surface area contributed by atoms with E-state index in [1.54, 1.807) is 17.4 Å². The number of carbonyl (C=O) groups is 1. The lowest BCUT2D eigenvalue weighted by molar-refractivity contribution is -0.116. The van der Waals surface area contributed by atoms with Crippen molar-refractivity contribution in [2.24, 2.45) is 0 Å². The fraction of sp³-hybridized carbons (Fsp3) is 0.520. The summed E-state index contributed by atoms with van der Waals surface area (Å²) in [5, 5.41) is 1.09. The van der Waals surface area contributed by atoms with Crippen molar-refractivity contribution >= 4 is 17.1 Å². The van der Waals surface area contributed by atoms with Gasteiger partial charge >= 0.3 is 0 Å². The molecule has 6 heteroatoms. The molecule has 3 heterocycles. The van der Waals surface area contributed by atoms with E-state index in [-0.39, 0.29) is 5.78 Å². The number of likely N-dealkylation sites (tertiary alicyclic amines) is 1. The van der Waals surface area contributed by atoms with Crippen molar-refractivity contribution in [1.29, 1.82) is 0 Å². The van der Waals surface area contributed by atoms with Crippen molar-refractivity contribution in [1.82, 2.24) is 14.8 Å². The van der Waals surface area contributed by atoms with Crippen molar-refractivity contribution in [2.45, 2.75) is 63.6 Å². The van der Waals surface area contributed by atoms with Crippen molar-refractivity contribution in [3.63, 3.8) is 0 Å². The molecule has 0 amide bonds. The van der Waals surface area contributed by atoms with E-state index >= 15 is 0 Å². The molecule has 0 spiro atoms. The Balaban J connectivity index is 1.06. The molecule has 6 rings (SSSR count). The van der Waals surface area contributed by atoms with Crippen LogP contribution in [-0.4, -0.2) is 52.3 Å². The molecule has 5 nitrogen and oxygen atoms in total. The number of nitrogens with zero attached hydrogens (tertiary/aromatic N) is 3. The zero-order valence-electron chi connectivity index (χ0n) is 17.9. The van der Waals surface area contributed by atoms with Gasteiger partial charge in [0.2, 0.25) is 0 Å². The van der Waals surface area contributed by atoms with Gasteiger partial charge in [-0.05, 0) is 50.2 Å². The van der Waals surface area contributed by atoms with Crippen LogP contribution in [0, 0.1) is 0 Å². The van der Waals surface area contributed by atoms with Gasteiger partial charge in [0.15, 0.2) is 5.78 Å². The minimum Gasteiger partial charge on any atom is -0.490 e. The van der Waals surface area contributed by atoms with Gasteiger partial charge in [-0.25, -0.2) is 4.98 Å². The summed E-state index contributed by atoms with van der Waals surface area (Å²) >= 11 is 1.79. The maximum atomic E-state index is 11.3. The van der Waals surface area contributed by atoms with Crippen LogP contribution in [0.15, 0.2) is 36.0 Å². The highest BCUT2D eigenvalue weighted by Gasteiger charge is 2.35. The van der Waals surface area contributed by atoms with Crippen molar-refractivity contribution in [3.05, 3.63) is 46.6 Å². The molecule has 1 aromatic heterocycles. The number of piperidine rings is 1. The van der Waals surface area contributed by atoms with Gasteiger partial charge in [0.05, 0.1) is 18.7 Å². The van der Waals surface area contributed by atoms with Crippen LogP contribution in [0.2, 0.25) is 0 Å². The predicted octanol–water partition coefficient (Wildman–Crippen LogP) is 4.42. The van der Waals surface area contributed by atoms with Crippen molar-refractivity contribution < 1.29 is 9.53 Å². The highest BCUT2D eigenvalue weighted by atomic mass is 32.1. The molecule has 1 aromatic carbocycles. The van der Waals surface area contributed by atoms with Crippen LogP contribution < -0.4 is 4.74 Å². The molecule has 1 saturated heterocycles. The molecular weight excluding hydrogens is 406 g/mol. The summed E-state index contributed by atoms with van der Waals surface area (Å²) in [5.74, 6) is 1.22. The first-order valence-electron chi connectivity index (χ1n) is 11.7. The molecule has 2 aliphatic carbocycles. The average Bonchev–Trinajstić information content (AvgIpc) is 3.18. The molecule has 0 unspecified atom stereocenters. The highest BCUT2D eigenvalue weighted by molar-refractivity contribution is 7.15. The van der Waals surface area contributed by atoms with E-state index in [2.05, 4.69) is 34.1 Å². The molecule has 1 saturated carbocycles. The number of aromatic nitrogens is 1. The normalized spacial score (nSPS) is 26.0. The van der Waals surface area contributed by atoms with Crippen LogP contribution >= 0.6 is 11.3 Å². The van der Waals surface area contributed by atoms with E-state index in [1.165, 1.54) is 61.5 Å². The van der Waals surface area contributed by atoms with E-state index < -0.39 is 0 Å². The van der Waals surface area contributed by atoms with Crippen LogP contribution in [0.5, 0.6) is 5.75 Å². The number of fused-ring (bicyclic) bond motifs is 1. The number of thiazole rings is 1. The lowest BCUT2D eigenvalue weighted by Crippen LogP contribution is -2.50. The van der Waals surface area contributed by atoms with Crippen LogP contribution in [0.4, 0.5) is 0 Å². The summed E-state index contributed by atoms with van der Waals surface area (Å²) < 4.78 is 6.23. The predicted molar refractivity (Wildman–Crippen MR) is 122 cm³/mol. The Morgan fingerprint density at radius 1 is 1.03 bits per heavy atom. The largest absolute Gasteiger partial charge is 0.490 e. The maximum absolute atomic E-state index is 11.3. The molecule has 0 radical (unpaired) electrons. The van der Waals surface area contributed by atoms with Crippen LogP contribution in [0.3, 0.4) is 0 Å². The zero-order valence-corrected chi connectivity index (χ0v) is 18.7. The number of allylic oxidation sites excluding steroid dienone is 2. The smallest absolute Gasteiger partial charge is 0.163 e. The minimum atomic E-state index is 0.247. The first-order valence-corrected chi connectivity index (χ1v) is 12.5. The quantitative estimate of drug-likeness (QED) is 0.696. The van der Waals surface area contributed by atoms with Gasteiger partial charge in [-0.1, -0.05) is 6.42 Å². The van der Waals surface area contributed by atoms with Gasteiger partial charge < -0.3 is 14.5 Å². The number of rotatable bonds is 5. The summed E-state index contributed by atoms with van der Waals surface area (Å²) in [6.45, 7) is 4.39. The molecule has 0 bridgehead atoms. The van der Waals surface area contributed by atoms with Crippen molar-refractivity contribution in [3.8, 4) is 16.3 Å². The van der Waals surface area contributed by atoms with E-state index in [0.29, 0.717) is 12.5 Å². The first kappa shape index (κ1) is 19.5. The number of ketones is 1. The Labute approximate surface area is 187 Å². The van der Waals surface area contributed by atoms with Gasteiger partial charge in [0.25, 0.3) is 0 Å². The van der Waals surface area contributed by atoms with Crippen LogP contribution in [-0.2, 0) is 17.8 Å². The van der Waals surface area contributed by atoms with Gasteiger partial charge in [-0.15, -0.1) is 11.3 Å². The molecule has 2 aliphatic heterocycles. The number of hydrogen-bond donors (Lipinski definition) is 0. The van der Waals surface area contributed by atoms with E-state index in [9.17, 15) is 4.79 Å². The Morgan fingerprint density at radius 3 is 2.55 bits per heavy atom. The third-order valence-corrected chi connectivity index (χ3v) is 8.33. The SMILES string of the molecule is O=C1C=C(N2CCc3nc(-c4ccc(OC5CC(N6CCCCC6)C5)cc4)sc3C2)C1. The van der Waals surface area contributed by atoms with E-state index in [4.69, 9.17) is 9.72 Å². The number of hydrogen-bond acceptors (Lipinski definition) is 6. The second-order valence-electron chi connectivity index (χ2n) is 9.33. The van der Waals surface area contributed by atoms with Gasteiger partial charge in [-0.2, -0.15) is 0 Å². The fourth-order valence-corrected chi connectivity index (χ4v) is 6.32. The van der Waals surface area contributed by atoms with E-state index in [1.807, 2.05) is 0 Å². The van der Waals surface area contributed by atoms with Crippen LogP contribution in [0.1, 0.15) is 49.1 Å². The zero-order chi connectivity index (χ0) is 20.8. The third kappa shape index (κ3) is 3.92. The molecule has 0 N–H and O–H groups in total. The number of ether oxygens (including phenoxy) is 1. The Kier molecular flexibility index (Phi) is 5.07. The molecule has 31 heavy (non-hydrogen) atoms. The van der Waals surface area contributed by atoms with Crippen molar-refractivity contribution in [2.75, 3.05) is 19.6 Å². The van der Waals surface area contributed by atoms with Gasteiger partial charge in [0, 0.05) is 54.1 Å². The summed E-state index contributed by atoms with van der Waals surface area (Å²) in [5.41, 5.74) is 3.57. The van der Waals surface area contributed by atoms with Gasteiger partial charge in [-0.3, -0.25) is 4.79 Å². The van der Waals surface area contributed by atoms with Crippen LogP contribution in [0.25, 0.3) is 10.6 Å². The highest BCUT2D eigenvalue weighted by Crippen LogP contribution is 2.36. The topological polar surface area (TPSA) is 45.7 Å². The maximum Gasteiger partial charge on any atom is 0.163 e. The second-order valence-corrected chi connectivity index (χ2v) is 10.4. The molecule has 162 valence electrons. The van der Waals surface area contributed by atoms with Gasteiger partial charge in [0.1, 0.15) is 16.9 Å². The molecule has 2 fully saturated rings. The Morgan fingerprint density at radius 2 is 1.81 bits per heavy atom. The summed E-state index contributed by atoms with van der Waals surface area (Å²) in [7, 11) is 0. The minimum absolute atomic E-state index is 0.247. The number of benzene rings is 1. The molecule has 2 aromatic rings. The second kappa shape index (κ2) is 8.06. The Bertz CT molecular complexity index is 1000. The molecule has 4 aliphatic rings. The Hall–Kier alpha value is -2.18. The standard InChI is InChI=1S/C25H29N3O2S/c29-20-12-18(13-20)28-11-8-23-24(16-28)31-25(26-23)17-4-6-21(7-5-17)30-22-14-19(15-22)27-9-2-1-3-10-27/h4-7,12,19,22H,1-3,8-11,13-16H2. The summed E-state index contributed by atoms with van der Waals surface area (Å²) in [6.07, 6.45) is 10.2. The monoisotopic (exact) mass is 435 g/mol. The molecular formula is C25H29N3O2S. The lowest BCUT2D eigenvalue weighted by atomic mass is 9.86. The first-order chi connectivity index (χ1) is 15.2.